The van der Waals surface area contributed by atoms with Crippen LogP contribution in [0.1, 0.15) is 25.3 Å². The van der Waals surface area contributed by atoms with E-state index in [4.69, 9.17) is 15.2 Å². The quantitative estimate of drug-likeness (QED) is 0.821. The molecule has 2 N–H and O–H groups in total. The predicted octanol–water partition coefficient (Wildman–Crippen LogP) is 2.09. The SMILES string of the molecule is CCOc1ccc(C2(CCCN)COC2)cc1. The first-order valence-corrected chi connectivity index (χ1v) is 6.32. The van der Waals surface area contributed by atoms with Gasteiger partial charge in [0.05, 0.1) is 19.8 Å². The Kier molecular flexibility index (Phi) is 4.02. The highest BCUT2D eigenvalue weighted by Crippen LogP contribution is 2.37. The molecule has 1 aliphatic rings. The van der Waals surface area contributed by atoms with E-state index in [0.717, 1.165) is 38.3 Å². The van der Waals surface area contributed by atoms with Crippen molar-refractivity contribution in [3.8, 4) is 5.75 Å². The predicted molar refractivity (Wildman–Crippen MR) is 68.4 cm³/mol. The molecular weight excluding hydrogens is 214 g/mol. The smallest absolute Gasteiger partial charge is 0.119 e. The highest BCUT2D eigenvalue weighted by molar-refractivity contribution is 5.34. The standard InChI is InChI=1S/C14H21NO2/c1-2-17-13-6-4-12(5-7-13)14(8-3-9-15)10-16-11-14/h4-7H,2-3,8-11,15H2,1H3. The van der Waals surface area contributed by atoms with Crippen LogP contribution in [-0.4, -0.2) is 26.4 Å². The van der Waals surface area contributed by atoms with E-state index < -0.39 is 0 Å². The Labute approximate surface area is 103 Å². The van der Waals surface area contributed by atoms with Gasteiger partial charge in [0.15, 0.2) is 0 Å². The average Bonchev–Trinajstić information content (AvgIpc) is 2.30. The first-order chi connectivity index (χ1) is 8.30. The summed E-state index contributed by atoms with van der Waals surface area (Å²) >= 11 is 0. The van der Waals surface area contributed by atoms with E-state index in [1.165, 1.54) is 5.56 Å². The molecule has 1 aliphatic heterocycles. The van der Waals surface area contributed by atoms with Crippen molar-refractivity contribution < 1.29 is 9.47 Å². The maximum atomic E-state index is 5.60. The van der Waals surface area contributed by atoms with Crippen molar-refractivity contribution in [2.24, 2.45) is 5.73 Å². The van der Waals surface area contributed by atoms with E-state index in [0.29, 0.717) is 6.61 Å². The fourth-order valence-corrected chi connectivity index (χ4v) is 2.32. The van der Waals surface area contributed by atoms with Gasteiger partial charge in [-0.25, -0.2) is 0 Å². The molecule has 3 heteroatoms. The summed E-state index contributed by atoms with van der Waals surface area (Å²) in [6.07, 6.45) is 2.16. The zero-order chi connectivity index (χ0) is 12.1. The van der Waals surface area contributed by atoms with E-state index in [2.05, 4.69) is 12.1 Å². The third kappa shape index (κ3) is 2.61. The Balaban J connectivity index is 2.08. The summed E-state index contributed by atoms with van der Waals surface area (Å²) in [5.74, 6) is 0.936. The molecule has 94 valence electrons. The van der Waals surface area contributed by atoms with Crippen LogP contribution in [0.15, 0.2) is 24.3 Å². The molecule has 1 saturated heterocycles. The van der Waals surface area contributed by atoms with Crippen LogP contribution in [0.5, 0.6) is 5.75 Å². The molecule has 0 atom stereocenters. The largest absolute Gasteiger partial charge is 0.494 e. The zero-order valence-electron chi connectivity index (χ0n) is 10.4. The highest BCUT2D eigenvalue weighted by Gasteiger charge is 2.39. The number of ether oxygens (including phenoxy) is 2. The number of hydrogen-bond acceptors (Lipinski definition) is 3. The minimum atomic E-state index is 0.199. The molecule has 1 fully saturated rings. The van der Waals surface area contributed by atoms with E-state index in [1.54, 1.807) is 0 Å². The van der Waals surface area contributed by atoms with Crippen LogP contribution < -0.4 is 10.5 Å². The van der Waals surface area contributed by atoms with Crippen LogP contribution in [-0.2, 0) is 10.2 Å². The Morgan fingerprint density at radius 1 is 1.29 bits per heavy atom. The number of rotatable bonds is 6. The van der Waals surface area contributed by atoms with Crippen LogP contribution in [0.2, 0.25) is 0 Å². The second-order valence-corrected chi connectivity index (χ2v) is 4.62. The Bertz CT molecular complexity index is 344. The lowest BCUT2D eigenvalue weighted by Gasteiger charge is -2.42. The van der Waals surface area contributed by atoms with Crippen LogP contribution in [0.4, 0.5) is 0 Å². The number of benzene rings is 1. The molecule has 0 unspecified atom stereocenters. The van der Waals surface area contributed by atoms with Crippen molar-refractivity contribution in [1.29, 1.82) is 0 Å². The lowest BCUT2D eigenvalue weighted by molar-refractivity contribution is -0.0649. The fourth-order valence-electron chi connectivity index (χ4n) is 2.32. The summed E-state index contributed by atoms with van der Waals surface area (Å²) < 4.78 is 10.9. The first-order valence-electron chi connectivity index (χ1n) is 6.32. The second kappa shape index (κ2) is 5.52. The summed E-state index contributed by atoms with van der Waals surface area (Å²) in [6.45, 7) is 5.10. The van der Waals surface area contributed by atoms with Crippen LogP contribution in [0, 0.1) is 0 Å². The maximum Gasteiger partial charge on any atom is 0.119 e. The number of hydrogen-bond donors (Lipinski definition) is 1. The Hall–Kier alpha value is -1.06. The topological polar surface area (TPSA) is 44.5 Å². The van der Waals surface area contributed by atoms with Gasteiger partial charge in [-0.1, -0.05) is 12.1 Å². The minimum absolute atomic E-state index is 0.199. The van der Waals surface area contributed by atoms with E-state index >= 15 is 0 Å². The maximum absolute atomic E-state index is 5.60. The van der Waals surface area contributed by atoms with Gasteiger partial charge in [0, 0.05) is 5.41 Å². The number of nitrogens with two attached hydrogens (primary N) is 1. The lowest BCUT2D eigenvalue weighted by atomic mass is 9.75. The highest BCUT2D eigenvalue weighted by atomic mass is 16.5. The fraction of sp³-hybridized carbons (Fsp3) is 0.571. The molecule has 0 amide bonds. The van der Waals surface area contributed by atoms with Crippen molar-refractivity contribution in [2.45, 2.75) is 25.2 Å². The Morgan fingerprint density at radius 2 is 2.00 bits per heavy atom. The van der Waals surface area contributed by atoms with Gasteiger partial charge >= 0.3 is 0 Å². The molecule has 0 spiro atoms. The zero-order valence-corrected chi connectivity index (χ0v) is 10.4. The van der Waals surface area contributed by atoms with Gasteiger partial charge in [-0.3, -0.25) is 0 Å². The summed E-state index contributed by atoms with van der Waals surface area (Å²) in [4.78, 5) is 0. The van der Waals surface area contributed by atoms with Gasteiger partial charge in [-0.2, -0.15) is 0 Å². The van der Waals surface area contributed by atoms with Crippen molar-refractivity contribution >= 4 is 0 Å². The van der Waals surface area contributed by atoms with Gasteiger partial charge in [-0.05, 0) is 44.0 Å². The molecule has 1 heterocycles. The molecule has 1 aromatic carbocycles. The average molecular weight is 235 g/mol. The van der Waals surface area contributed by atoms with E-state index in [9.17, 15) is 0 Å². The summed E-state index contributed by atoms with van der Waals surface area (Å²) in [7, 11) is 0. The Morgan fingerprint density at radius 3 is 2.47 bits per heavy atom. The van der Waals surface area contributed by atoms with Crippen LogP contribution in [0.25, 0.3) is 0 Å². The van der Waals surface area contributed by atoms with Gasteiger partial charge in [-0.15, -0.1) is 0 Å². The molecule has 1 aromatic rings. The first kappa shape index (κ1) is 12.4. The second-order valence-electron chi connectivity index (χ2n) is 4.62. The van der Waals surface area contributed by atoms with Crippen molar-refractivity contribution in [2.75, 3.05) is 26.4 Å². The van der Waals surface area contributed by atoms with E-state index in [-0.39, 0.29) is 5.41 Å². The lowest BCUT2D eigenvalue weighted by Crippen LogP contribution is -2.46. The minimum Gasteiger partial charge on any atom is -0.494 e. The third-order valence-corrected chi connectivity index (χ3v) is 3.39. The third-order valence-electron chi connectivity index (χ3n) is 3.39. The van der Waals surface area contributed by atoms with E-state index in [1.807, 2.05) is 19.1 Å². The molecular formula is C14H21NO2. The normalized spacial score (nSPS) is 17.5. The van der Waals surface area contributed by atoms with Gasteiger partial charge in [0.25, 0.3) is 0 Å². The van der Waals surface area contributed by atoms with Gasteiger partial charge in [0.1, 0.15) is 5.75 Å². The van der Waals surface area contributed by atoms with Crippen molar-refractivity contribution in [3.05, 3.63) is 29.8 Å². The van der Waals surface area contributed by atoms with Gasteiger partial charge < -0.3 is 15.2 Å². The molecule has 0 radical (unpaired) electrons. The molecule has 3 nitrogen and oxygen atoms in total. The summed E-state index contributed by atoms with van der Waals surface area (Å²) in [5, 5.41) is 0. The van der Waals surface area contributed by atoms with Gasteiger partial charge in [0.2, 0.25) is 0 Å². The molecule has 0 aromatic heterocycles. The molecule has 0 aliphatic carbocycles. The van der Waals surface area contributed by atoms with Crippen LogP contribution >= 0.6 is 0 Å². The molecule has 2 rings (SSSR count). The molecule has 17 heavy (non-hydrogen) atoms. The monoisotopic (exact) mass is 235 g/mol. The van der Waals surface area contributed by atoms with Crippen LogP contribution in [0.3, 0.4) is 0 Å². The summed E-state index contributed by atoms with van der Waals surface area (Å²) in [5.41, 5.74) is 7.14. The molecule has 0 saturated carbocycles. The molecule has 0 bridgehead atoms. The summed E-state index contributed by atoms with van der Waals surface area (Å²) in [6, 6.07) is 8.40. The van der Waals surface area contributed by atoms with Crippen molar-refractivity contribution in [1.82, 2.24) is 0 Å². The van der Waals surface area contributed by atoms with Crippen molar-refractivity contribution in [3.63, 3.8) is 0 Å².